The number of nitrogens with zero attached hydrogens (tertiary/aromatic N) is 4. The van der Waals surface area contributed by atoms with E-state index in [0.717, 1.165) is 18.2 Å². The second-order valence-electron chi connectivity index (χ2n) is 7.18. The maximum atomic E-state index is 15.7. The van der Waals surface area contributed by atoms with Gasteiger partial charge in [0.05, 0.1) is 55.8 Å². The van der Waals surface area contributed by atoms with E-state index < -0.39 is 0 Å². The topological polar surface area (TPSA) is 66.5 Å². The second kappa shape index (κ2) is 5.81. The number of hydrogen-bond acceptors (Lipinski definition) is 6. The Kier molecular flexibility index (Phi) is 3.56. The summed E-state index contributed by atoms with van der Waals surface area (Å²) in [5.74, 6) is 0.183. The van der Waals surface area contributed by atoms with Gasteiger partial charge in [-0.15, -0.1) is 0 Å². The Morgan fingerprint density at radius 3 is 2.76 bits per heavy atom. The quantitative estimate of drug-likeness (QED) is 0.892. The SMILES string of the molecule is C[C@@H]1COCCN1c1c(F)c(N2C3CCC2COC3)nc2[nH]ncc12. The average Bonchev–Trinajstić information content (AvgIpc) is 3.17. The highest BCUT2D eigenvalue weighted by atomic mass is 19.1. The summed E-state index contributed by atoms with van der Waals surface area (Å²) in [6.07, 6.45) is 3.72. The van der Waals surface area contributed by atoms with Crippen LogP contribution in [0.2, 0.25) is 0 Å². The van der Waals surface area contributed by atoms with Crippen LogP contribution in [0.15, 0.2) is 6.20 Å². The van der Waals surface area contributed by atoms with E-state index in [-0.39, 0.29) is 23.9 Å². The van der Waals surface area contributed by atoms with Crippen LogP contribution >= 0.6 is 0 Å². The summed E-state index contributed by atoms with van der Waals surface area (Å²) in [4.78, 5) is 8.82. The van der Waals surface area contributed by atoms with Crippen LogP contribution in [-0.2, 0) is 9.47 Å². The number of pyridine rings is 1. The molecule has 7 nitrogen and oxygen atoms in total. The first kappa shape index (κ1) is 15.3. The van der Waals surface area contributed by atoms with Crippen LogP contribution in [0.3, 0.4) is 0 Å². The highest BCUT2D eigenvalue weighted by Crippen LogP contribution is 2.40. The third kappa shape index (κ3) is 2.31. The molecule has 0 spiro atoms. The number of halogens is 1. The van der Waals surface area contributed by atoms with Crippen LogP contribution in [0.1, 0.15) is 19.8 Å². The van der Waals surface area contributed by atoms with Crippen molar-refractivity contribution in [3.8, 4) is 0 Å². The smallest absolute Gasteiger partial charge is 0.189 e. The van der Waals surface area contributed by atoms with Gasteiger partial charge in [0.15, 0.2) is 17.3 Å². The highest BCUT2D eigenvalue weighted by Gasteiger charge is 2.41. The lowest BCUT2D eigenvalue weighted by Gasteiger charge is -2.38. The molecule has 2 aromatic rings. The number of anilines is 2. The van der Waals surface area contributed by atoms with Crippen molar-refractivity contribution in [1.82, 2.24) is 15.2 Å². The van der Waals surface area contributed by atoms with Crippen LogP contribution in [0.5, 0.6) is 0 Å². The Hall–Kier alpha value is -1.93. The lowest BCUT2D eigenvalue weighted by molar-refractivity contribution is 0.0897. The van der Waals surface area contributed by atoms with Crippen molar-refractivity contribution in [2.75, 3.05) is 42.8 Å². The van der Waals surface area contributed by atoms with Crippen LogP contribution < -0.4 is 9.80 Å². The first-order chi connectivity index (χ1) is 12.2. The summed E-state index contributed by atoms with van der Waals surface area (Å²) in [6.45, 7) is 5.20. The fourth-order valence-electron chi connectivity index (χ4n) is 4.40. The van der Waals surface area contributed by atoms with Gasteiger partial charge in [-0.3, -0.25) is 5.10 Å². The number of rotatable bonds is 2. The molecule has 3 aliphatic rings. The monoisotopic (exact) mass is 347 g/mol. The molecule has 0 saturated carbocycles. The highest BCUT2D eigenvalue weighted by molar-refractivity contribution is 5.92. The second-order valence-corrected chi connectivity index (χ2v) is 7.18. The minimum Gasteiger partial charge on any atom is -0.377 e. The Labute approximate surface area is 145 Å². The number of nitrogens with one attached hydrogen (secondary N) is 1. The molecule has 2 unspecified atom stereocenters. The molecule has 3 saturated heterocycles. The maximum Gasteiger partial charge on any atom is 0.189 e. The molecule has 3 atom stereocenters. The van der Waals surface area contributed by atoms with Gasteiger partial charge in [0.1, 0.15) is 0 Å². The van der Waals surface area contributed by atoms with Crippen LogP contribution in [0.4, 0.5) is 15.9 Å². The van der Waals surface area contributed by atoms with E-state index in [0.29, 0.717) is 50.1 Å². The van der Waals surface area contributed by atoms with Gasteiger partial charge in [-0.25, -0.2) is 9.37 Å². The first-order valence-corrected chi connectivity index (χ1v) is 8.97. The van der Waals surface area contributed by atoms with Gasteiger partial charge in [0, 0.05) is 12.6 Å². The molecule has 3 fully saturated rings. The molecular formula is C17H22FN5O2. The van der Waals surface area contributed by atoms with Crippen molar-refractivity contribution < 1.29 is 13.9 Å². The van der Waals surface area contributed by atoms with Crippen molar-refractivity contribution in [2.24, 2.45) is 0 Å². The van der Waals surface area contributed by atoms with Crippen LogP contribution in [0.25, 0.3) is 11.0 Å². The minimum absolute atomic E-state index is 0.109. The van der Waals surface area contributed by atoms with Gasteiger partial charge in [-0.05, 0) is 19.8 Å². The van der Waals surface area contributed by atoms with Crippen LogP contribution in [-0.4, -0.2) is 66.3 Å². The van der Waals surface area contributed by atoms with Crippen molar-refractivity contribution in [3.05, 3.63) is 12.0 Å². The zero-order valence-corrected chi connectivity index (χ0v) is 14.2. The average molecular weight is 347 g/mol. The van der Waals surface area contributed by atoms with E-state index in [4.69, 9.17) is 9.47 Å². The number of morpholine rings is 2. The molecule has 2 aromatic heterocycles. The van der Waals surface area contributed by atoms with Crippen molar-refractivity contribution in [1.29, 1.82) is 0 Å². The van der Waals surface area contributed by atoms with E-state index in [1.165, 1.54) is 0 Å². The number of aromatic nitrogens is 3. The van der Waals surface area contributed by atoms with Crippen molar-refractivity contribution >= 4 is 22.5 Å². The number of aromatic amines is 1. The minimum atomic E-state index is -0.249. The van der Waals surface area contributed by atoms with Gasteiger partial charge in [0.2, 0.25) is 0 Å². The summed E-state index contributed by atoms with van der Waals surface area (Å²) in [5, 5.41) is 7.77. The van der Waals surface area contributed by atoms with E-state index in [2.05, 4.69) is 31.9 Å². The molecular weight excluding hydrogens is 325 g/mol. The lowest BCUT2D eigenvalue weighted by atomic mass is 10.1. The Balaban J connectivity index is 1.66. The van der Waals surface area contributed by atoms with Gasteiger partial charge in [-0.1, -0.05) is 0 Å². The van der Waals surface area contributed by atoms with E-state index in [1.807, 2.05) is 0 Å². The summed E-state index contributed by atoms with van der Waals surface area (Å²) in [5.41, 5.74) is 1.23. The zero-order chi connectivity index (χ0) is 17.0. The van der Waals surface area contributed by atoms with Crippen molar-refractivity contribution in [3.63, 3.8) is 0 Å². The van der Waals surface area contributed by atoms with Gasteiger partial charge >= 0.3 is 0 Å². The fraction of sp³-hybridized carbons (Fsp3) is 0.647. The number of fused-ring (bicyclic) bond motifs is 3. The van der Waals surface area contributed by atoms with Crippen molar-refractivity contribution in [2.45, 2.75) is 37.9 Å². The van der Waals surface area contributed by atoms with E-state index >= 15 is 4.39 Å². The molecule has 5 rings (SSSR count). The fourth-order valence-corrected chi connectivity index (χ4v) is 4.40. The molecule has 0 aliphatic carbocycles. The maximum absolute atomic E-state index is 15.7. The first-order valence-electron chi connectivity index (χ1n) is 8.97. The van der Waals surface area contributed by atoms with E-state index in [9.17, 15) is 0 Å². The predicted octanol–water partition coefficient (Wildman–Crippen LogP) is 1.69. The lowest BCUT2D eigenvalue weighted by Crippen LogP contribution is -2.47. The third-order valence-corrected chi connectivity index (χ3v) is 5.64. The molecule has 1 N–H and O–H groups in total. The summed E-state index contributed by atoms with van der Waals surface area (Å²) >= 11 is 0. The molecule has 8 heteroatoms. The van der Waals surface area contributed by atoms with Gasteiger partial charge in [-0.2, -0.15) is 5.10 Å². The summed E-state index contributed by atoms with van der Waals surface area (Å²) in [7, 11) is 0. The normalized spacial score (nSPS) is 29.6. The Morgan fingerprint density at radius 1 is 1.20 bits per heavy atom. The predicted molar refractivity (Wildman–Crippen MR) is 91.6 cm³/mol. The molecule has 25 heavy (non-hydrogen) atoms. The largest absolute Gasteiger partial charge is 0.377 e. The Bertz CT molecular complexity index is 781. The molecule has 134 valence electrons. The van der Waals surface area contributed by atoms with E-state index in [1.54, 1.807) is 6.20 Å². The standard InChI is InChI=1S/C17H22FN5O2/c1-10-7-24-5-4-22(10)15-13-6-19-21-16(13)20-17(14(15)18)23-11-2-3-12(23)9-25-8-11/h6,10-12H,2-5,7-9H2,1H3,(H,19,20,21)/t10-,11?,12?/m1/s1. The zero-order valence-electron chi connectivity index (χ0n) is 14.2. The molecule has 0 aromatic carbocycles. The third-order valence-electron chi connectivity index (χ3n) is 5.64. The molecule has 5 heterocycles. The van der Waals surface area contributed by atoms with Crippen LogP contribution in [0, 0.1) is 5.82 Å². The molecule has 2 bridgehead atoms. The summed E-state index contributed by atoms with van der Waals surface area (Å²) in [6, 6.07) is 0.519. The Morgan fingerprint density at radius 2 is 2.00 bits per heavy atom. The molecule has 0 radical (unpaired) electrons. The van der Waals surface area contributed by atoms with Gasteiger partial charge < -0.3 is 19.3 Å². The number of hydrogen-bond donors (Lipinski definition) is 1. The molecule has 0 amide bonds. The number of ether oxygens (including phenoxy) is 2. The summed E-state index contributed by atoms with van der Waals surface area (Å²) < 4.78 is 26.9. The number of H-pyrrole nitrogens is 1. The molecule has 3 aliphatic heterocycles. The van der Waals surface area contributed by atoms with Gasteiger partial charge in [0.25, 0.3) is 0 Å².